The summed E-state index contributed by atoms with van der Waals surface area (Å²) in [7, 11) is 1.78. The summed E-state index contributed by atoms with van der Waals surface area (Å²) in [6.45, 7) is 1.71. The number of aromatic nitrogens is 1. The van der Waals surface area contributed by atoms with Gasteiger partial charge in [0, 0.05) is 31.8 Å². The third-order valence-electron chi connectivity index (χ3n) is 3.29. The van der Waals surface area contributed by atoms with Gasteiger partial charge in [-0.15, -0.1) is 0 Å². The van der Waals surface area contributed by atoms with E-state index in [0.29, 0.717) is 22.7 Å². The maximum Gasteiger partial charge on any atom is 0.295 e. The Kier molecular flexibility index (Phi) is 3.06. The highest BCUT2D eigenvalue weighted by molar-refractivity contribution is 5.86. The maximum absolute atomic E-state index is 11.3. The molecule has 0 unspecified atom stereocenters. The van der Waals surface area contributed by atoms with Gasteiger partial charge in [-0.25, -0.2) is 4.98 Å². The quantitative estimate of drug-likeness (QED) is 0.539. The number of anilines is 2. The molecule has 0 amide bonds. The van der Waals surface area contributed by atoms with Crippen LogP contribution in [0, 0.1) is 17.0 Å². The first-order valence-corrected chi connectivity index (χ1v) is 6.40. The Morgan fingerprint density at radius 3 is 2.62 bits per heavy atom. The minimum atomic E-state index is -0.405. The molecule has 3 rings (SSSR count). The maximum atomic E-state index is 11.3. The van der Waals surface area contributed by atoms with E-state index in [-0.39, 0.29) is 5.69 Å². The molecule has 0 aliphatic carbocycles. The van der Waals surface area contributed by atoms with Crippen LogP contribution in [-0.4, -0.2) is 17.0 Å². The van der Waals surface area contributed by atoms with E-state index in [1.807, 2.05) is 30.3 Å². The highest BCUT2D eigenvalue weighted by atomic mass is 16.6. The molecule has 0 spiro atoms. The monoisotopic (exact) mass is 283 g/mol. The Hall–Kier alpha value is -2.89. The number of hydrogen-bond acceptors (Lipinski definition) is 5. The lowest BCUT2D eigenvalue weighted by atomic mass is 10.2. The van der Waals surface area contributed by atoms with Crippen molar-refractivity contribution in [3.05, 3.63) is 58.5 Å². The molecule has 21 heavy (non-hydrogen) atoms. The first-order chi connectivity index (χ1) is 10.1. The van der Waals surface area contributed by atoms with Gasteiger partial charge in [-0.2, -0.15) is 0 Å². The van der Waals surface area contributed by atoms with E-state index >= 15 is 0 Å². The molecule has 0 saturated carbocycles. The molecule has 0 radical (unpaired) electrons. The van der Waals surface area contributed by atoms with Gasteiger partial charge in [-0.3, -0.25) is 10.1 Å². The fourth-order valence-electron chi connectivity index (χ4n) is 2.27. The lowest BCUT2D eigenvalue weighted by Gasteiger charge is -2.19. The number of fused-ring (bicyclic) bond motifs is 1. The van der Waals surface area contributed by atoms with E-state index in [9.17, 15) is 10.1 Å². The Balaban J connectivity index is 2.19. The molecule has 6 nitrogen and oxygen atoms in total. The molecule has 106 valence electrons. The lowest BCUT2D eigenvalue weighted by Crippen LogP contribution is -2.11. The normalized spacial score (nSPS) is 10.8. The number of hydrogen-bond donors (Lipinski definition) is 0. The second-order valence-electron chi connectivity index (χ2n) is 4.69. The highest BCUT2D eigenvalue weighted by Crippen LogP contribution is 2.36. The number of aryl methyl sites for hydroxylation is 1. The minimum Gasteiger partial charge on any atom is -0.441 e. The molecule has 0 fully saturated rings. The molecule has 1 heterocycles. The number of nitro groups is 1. The highest BCUT2D eigenvalue weighted by Gasteiger charge is 2.21. The Morgan fingerprint density at radius 2 is 1.95 bits per heavy atom. The second-order valence-corrected chi connectivity index (χ2v) is 4.69. The number of para-hydroxylation sites is 1. The fourth-order valence-corrected chi connectivity index (χ4v) is 2.27. The van der Waals surface area contributed by atoms with E-state index in [2.05, 4.69) is 4.98 Å². The predicted molar refractivity (Wildman–Crippen MR) is 79.9 cm³/mol. The van der Waals surface area contributed by atoms with Crippen LogP contribution in [0.4, 0.5) is 17.1 Å². The molecule has 0 bridgehead atoms. The van der Waals surface area contributed by atoms with Crippen molar-refractivity contribution in [2.45, 2.75) is 6.92 Å². The van der Waals surface area contributed by atoms with Crippen LogP contribution in [0.2, 0.25) is 0 Å². The Morgan fingerprint density at radius 1 is 1.24 bits per heavy atom. The number of nitro benzene ring substituents is 1. The van der Waals surface area contributed by atoms with Crippen molar-refractivity contribution < 1.29 is 9.34 Å². The van der Waals surface area contributed by atoms with Crippen molar-refractivity contribution in [2.75, 3.05) is 11.9 Å². The van der Waals surface area contributed by atoms with E-state index in [0.717, 1.165) is 5.69 Å². The summed E-state index contributed by atoms with van der Waals surface area (Å²) >= 11 is 0. The summed E-state index contributed by atoms with van der Waals surface area (Å²) < 4.78 is 5.47. The predicted octanol–water partition coefficient (Wildman–Crippen LogP) is 3.81. The number of rotatable bonds is 3. The molecule has 0 saturated heterocycles. The molecular weight excluding hydrogens is 270 g/mol. The van der Waals surface area contributed by atoms with Crippen LogP contribution in [-0.2, 0) is 0 Å². The van der Waals surface area contributed by atoms with Crippen LogP contribution in [0.1, 0.15) is 5.89 Å². The average molecular weight is 283 g/mol. The fraction of sp³-hybridized carbons (Fsp3) is 0.133. The van der Waals surface area contributed by atoms with Gasteiger partial charge in [-0.1, -0.05) is 18.2 Å². The Bertz CT molecular complexity index is 812. The summed E-state index contributed by atoms with van der Waals surface area (Å²) in [6.07, 6.45) is 0. The smallest absolute Gasteiger partial charge is 0.295 e. The summed E-state index contributed by atoms with van der Waals surface area (Å²) in [5.74, 6) is 0.485. The van der Waals surface area contributed by atoms with Gasteiger partial charge < -0.3 is 9.32 Å². The Labute approximate surface area is 120 Å². The standard InChI is InChI=1S/C15H13N3O3/c1-10-16-12-8-14(18(19)20)13(9-15(12)21-10)17(2)11-6-4-3-5-7-11/h3-9H,1-2H3. The third kappa shape index (κ3) is 2.31. The SMILES string of the molecule is Cc1nc2cc([N+](=O)[O-])c(N(C)c3ccccc3)cc2o1. The van der Waals surface area contributed by atoms with Crippen molar-refractivity contribution >= 4 is 28.2 Å². The first-order valence-electron chi connectivity index (χ1n) is 6.40. The number of benzene rings is 2. The van der Waals surface area contributed by atoms with Crippen LogP contribution in [0.25, 0.3) is 11.1 Å². The zero-order valence-electron chi connectivity index (χ0n) is 11.6. The molecular formula is C15H13N3O3. The van der Waals surface area contributed by atoms with Crippen molar-refractivity contribution in [3.63, 3.8) is 0 Å². The van der Waals surface area contributed by atoms with Crippen LogP contribution in [0.15, 0.2) is 46.9 Å². The molecule has 2 aromatic carbocycles. The van der Waals surface area contributed by atoms with Gasteiger partial charge >= 0.3 is 0 Å². The molecule has 1 aromatic heterocycles. The van der Waals surface area contributed by atoms with Crippen molar-refractivity contribution in [1.82, 2.24) is 4.98 Å². The topological polar surface area (TPSA) is 72.4 Å². The average Bonchev–Trinajstić information content (AvgIpc) is 2.85. The lowest BCUT2D eigenvalue weighted by molar-refractivity contribution is -0.384. The van der Waals surface area contributed by atoms with Crippen LogP contribution >= 0.6 is 0 Å². The van der Waals surface area contributed by atoms with Crippen molar-refractivity contribution in [2.24, 2.45) is 0 Å². The molecule has 0 atom stereocenters. The summed E-state index contributed by atoms with van der Waals surface area (Å²) in [5, 5.41) is 11.3. The van der Waals surface area contributed by atoms with E-state index < -0.39 is 4.92 Å². The van der Waals surface area contributed by atoms with Crippen LogP contribution in [0.3, 0.4) is 0 Å². The third-order valence-corrected chi connectivity index (χ3v) is 3.29. The molecule has 0 N–H and O–H groups in total. The summed E-state index contributed by atoms with van der Waals surface area (Å²) in [4.78, 5) is 16.8. The number of nitrogens with zero attached hydrogens (tertiary/aromatic N) is 3. The van der Waals surface area contributed by atoms with Gasteiger partial charge in [0.1, 0.15) is 11.2 Å². The van der Waals surface area contributed by atoms with Gasteiger partial charge in [-0.05, 0) is 12.1 Å². The van der Waals surface area contributed by atoms with Crippen LogP contribution in [0.5, 0.6) is 0 Å². The number of oxazole rings is 1. The van der Waals surface area contributed by atoms with E-state index in [1.165, 1.54) is 6.07 Å². The zero-order chi connectivity index (χ0) is 15.0. The molecule has 0 aliphatic heterocycles. The van der Waals surface area contributed by atoms with Crippen molar-refractivity contribution in [1.29, 1.82) is 0 Å². The van der Waals surface area contributed by atoms with E-state index in [1.54, 1.807) is 24.9 Å². The summed E-state index contributed by atoms with van der Waals surface area (Å²) in [5.41, 5.74) is 2.36. The first kappa shape index (κ1) is 13.1. The van der Waals surface area contributed by atoms with Gasteiger partial charge in [0.05, 0.1) is 4.92 Å². The second kappa shape index (κ2) is 4.90. The minimum absolute atomic E-state index is 0.00199. The van der Waals surface area contributed by atoms with Crippen molar-refractivity contribution in [3.8, 4) is 0 Å². The van der Waals surface area contributed by atoms with Gasteiger partial charge in [0.2, 0.25) is 0 Å². The zero-order valence-corrected chi connectivity index (χ0v) is 11.6. The van der Waals surface area contributed by atoms with E-state index in [4.69, 9.17) is 4.42 Å². The van der Waals surface area contributed by atoms with Gasteiger partial charge in [0.25, 0.3) is 5.69 Å². The van der Waals surface area contributed by atoms with Crippen LogP contribution < -0.4 is 4.90 Å². The molecule has 6 heteroatoms. The summed E-state index contributed by atoms with van der Waals surface area (Å²) in [6, 6.07) is 12.5. The largest absolute Gasteiger partial charge is 0.441 e. The molecule has 0 aliphatic rings. The van der Waals surface area contributed by atoms with Gasteiger partial charge in [0.15, 0.2) is 11.5 Å². The molecule has 3 aromatic rings.